The maximum absolute atomic E-state index is 13.5. The van der Waals surface area contributed by atoms with Gasteiger partial charge in [0.25, 0.3) is 5.91 Å². The molecule has 1 N–H and O–H groups in total. The van der Waals surface area contributed by atoms with Crippen LogP contribution in [0.15, 0.2) is 64.6 Å². The van der Waals surface area contributed by atoms with E-state index >= 15 is 0 Å². The van der Waals surface area contributed by atoms with Gasteiger partial charge in [-0.3, -0.25) is 14.5 Å². The van der Waals surface area contributed by atoms with E-state index in [4.69, 9.17) is 4.42 Å². The van der Waals surface area contributed by atoms with Crippen LogP contribution in [0.3, 0.4) is 0 Å². The van der Waals surface area contributed by atoms with Gasteiger partial charge in [0.1, 0.15) is 0 Å². The third-order valence-electron chi connectivity index (χ3n) is 5.25. The smallest absolute Gasteiger partial charge is 0.295 e. The summed E-state index contributed by atoms with van der Waals surface area (Å²) in [5.74, 6) is -0.275. The summed E-state index contributed by atoms with van der Waals surface area (Å²) in [5.41, 5.74) is 1.69. The molecule has 2 heterocycles. The zero-order valence-electron chi connectivity index (χ0n) is 16.3. The molecule has 1 atom stereocenters. The van der Waals surface area contributed by atoms with Crippen molar-refractivity contribution < 1.29 is 14.0 Å². The van der Waals surface area contributed by atoms with E-state index in [1.54, 1.807) is 17.0 Å². The second kappa shape index (κ2) is 8.66. The van der Waals surface area contributed by atoms with E-state index < -0.39 is 6.04 Å². The summed E-state index contributed by atoms with van der Waals surface area (Å²) < 4.78 is 5.39. The molecule has 5 nitrogen and oxygen atoms in total. The van der Waals surface area contributed by atoms with Gasteiger partial charge in [-0.15, -0.1) is 11.3 Å². The first-order valence-corrected chi connectivity index (χ1v) is 10.8. The fourth-order valence-electron chi connectivity index (χ4n) is 3.85. The normalized spacial score (nSPS) is 15.2. The number of nitrogens with zero attached hydrogens (tertiary/aromatic N) is 1. The van der Waals surface area contributed by atoms with E-state index in [9.17, 15) is 9.59 Å². The molecule has 1 saturated carbocycles. The Morgan fingerprint density at radius 2 is 1.97 bits per heavy atom. The van der Waals surface area contributed by atoms with Gasteiger partial charge in [-0.05, 0) is 61.0 Å². The van der Waals surface area contributed by atoms with Crippen LogP contribution >= 0.6 is 11.3 Å². The first-order valence-electron chi connectivity index (χ1n) is 9.91. The Morgan fingerprint density at radius 3 is 2.62 bits per heavy atom. The minimum absolute atomic E-state index is 0.152. The van der Waals surface area contributed by atoms with Crippen LogP contribution in [0.4, 0.5) is 5.69 Å². The Kier molecular flexibility index (Phi) is 5.81. The zero-order chi connectivity index (χ0) is 20.2. The molecule has 0 aliphatic heterocycles. The average molecular weight is 409 g/mol. The molecule has 4 rings (SSSR count). The van der Waals surface area contributed by atoms with E-state index in [0.717, 1.165) is 36.1 Å². The molecular weight excluding hydrogens is 384 g/mol. The van der Waals surface area contributed by atoms with E-state index in [1.807, 2.05) is 48.7 Å². The van der Waals surface area contributed by atoms with Crippen LogP contribution in [0, 0.1) is 6.92 Å². The molecule has 1 aliphatic carbocycles. The number of nitrogens with one attached hydrogen (secondary N) is 1. The second-order valence-electron chi connectivity index (χ2n) is 7.40. The molecule has 1 fully saturated rings. The summed E-state index contributed by atoms with van der Waals surface area (Å²) in [7, 11) is 0. The lowest BCUT2D eigenvalue weighted by Crippen LogP contribution is -2.46. The van der Waals surface area contributed by atoms with Crippen LogP contribution in [0.2, 0.25) is 0 Å². The summed E-state index contributed by atoms with van der Waals surface area (Å²) >= 11 is 1.47. The summed E-state index contributed by atoms with van der Waals surface area (Å²) in [4.78, 5) is 29.3. The zero-order valence-corrected chi connectivity index (χ0v) is 17.2. The van der Waals surface area contributed by atoms with E-state index in [2.05, 4.69) is 5.32 Å². The number of hydrogen-bond acceptors (Lipinski definition) is 4. The summed E-state index contributed by atoms with van der Waals surface area (Å²) in [5, 5.41) is 5.10. The van der Waals surface area contributed by atoms with Gasteiger partial charge >= 0.3 is 0 Å². The molecule has 3 aromatic rings. The summed E-state index contributed by atoms with van der Waals surface area (Å²) in [6.45, 7) is 1.97. The van der Waals surface area contributed by atoms with E-state index in [0.29, 0.717) is 5.69 Å². The van der Waals surface area contributed by atoms with Crippen LogP contribution in [0.5, 0.6) is 0 Å². The minimum Gasteiger partial charge on any atom is -0.459 e. The third kappa shape index (κ3) is 4.27. The van der Waals surface area contributed by atoms with Crippen molar-refractivity contribution in [2.75, 3.05) is 4.90 Å². The Hall–Kier alpha value is -2.86. The first kappa shape index (κ1) is 19.5. The summed E-state index contributed by atoms with van der Waals surface area (Å²) in [6.07, 6.45) is 5.70. The number of furan rings is 1. The van der Waals surface area contributed by atoms with Crippen molar-refractivity contribution in [3.63, 3.8) is 0 Å². The molecule has 0 saturated heterocycles. The highest BCUT2D eigenvalue weighted by atomic mass is 32.1. The van der Waals surface area contributed by atoms with Crippen molar-refractivity contribution >= 4 is 28.8 Å². The maximum Gasteiger partial charge on any atom is 0.295 e. The standard InChI is InChI=1S/C23H24N2O3S/c1-16-7-4-10-18(15-16)25(23(27)19-11-5-13-28-19)21(20-12-6-14-29-20)22(26)24-17-8-2-3-9-17/h4-7,10-15,17,21H,2-3,8-9H2,1H3,(H,24,26)/t21-/m0/s1. The first-order chi connectivity index (χ1) is 14.1. The van der Waals surface area contributed by atoms with Crippen LogP contribution in [-0.2, 0) is 4.79 Å². The molecular formula is C23H24N2O3S. The highest BCUT2D eigenvalue weighted by Gasteiger charge is 2.36. The maximum atomic E-state index is 13.5. The van der Waals surface area contributed by atoms with Crippen LogP contribution in [0.1, 0.15) is 52.7 Å². The molecule has 0 radical (unpaired) electrons. The number of aryl methyl sites for hydroxylation is 1. The van der Waals surface area contributed by atoms with Gasteiger partial charge < -0.3 is 9.73 Å². The van der Waals surface area contributed by atoms with Crippen molar-refractivity contribution in [1.82, 2.24) is 5.32 Å². The largest absolute Gasteiger partial charge is 0.459 e. The lowest BCUT2D eigenvalue weighted by atomic mass is 10.1. The lowest BCUT2D eigenvalue weighted by Gasteiger charge is -2.31. The molecule has 1 aliphatic rings. The topological polar surface area (TPSA) is 62.6 Å². The van der Waals surface area contributed by atoms with Gasteiger partial charge in [0, 0.05) is 16.6 Å². The van der Waals surface area contributed by atoms with E-state index in [1.165, 1.54) is 17.6 Å². The molecule has 29 heavy (non-hydrogen) atoms. The molecule has 0 unspecified atom stereocenters. The van der Waals surface area contributed by atoms with Gasteiger partial charge in [0.05, 0.1) is 6.26 Å². The predicted octanol–water partition coefficient (Wildman–Crippen LogP) is 5.10. The number of carbonyl (C=O) groups is 2. The molecule has 0 bridgehead atoms. The molecule has 1 aromatic carbocycles. The highest BCUT2D eigenvalue weighted by molar-refractivity contribution is 7.10. The lowest BCUT2D eigenvalue weighted by molar-refractivity contribution is -0.123. The fraction of sp³-hybridized carbons (Fsp3) is 0.304. The quantitative estimate of drug-likeness (QED) is 0.617. The van der Waals surface area contributed by atoms with E-state index in [-0.39, 0.29) is 23.6 Å². The average Bonchev–Trinajstić information content (AvgIpc) is 3.49. The molecule has 2 aromatic heterocycles. The van der Waals surface area contributed by atoms with Gasteiger partial charge in [0.2, 0.25) is 5.91 Å². The number of rotatable bonds is 6. The number of benzene rings is 1. The second-order valence-corrected chi connectivity index (χ2v) is 8.38. The minimum atomic E-state index is -0.755. The van der Waals surface area contributed by atoms with Gasteiger partial charge in [-0.25, -0.2) is 0 Å². The number of anilines is 1. The summed E-state index contributed by atoms with van der Waals surface area (Å²) in [6, 6.07) is 14.2. The molecule has 150 valence electrons. The fourth-order valence-corrected chi connectivity index (χ4v) is 4.66. The van der Waals surface area contributed by atoms with Crippen molar-refractivity contribution in [1.29, 1.82) is 0 Å². The van der Waals surface area contributed by atoms with Crippen molar-refractivity contribution in [2.45, 2.75) is 44.7 Å². The Bertz CT molecular complexity index is 960. The monoisotopic (exact) mass is 408 g/mol. The van der Waals surface area contributed by atoms with Gasteiger partial charge in [-0.1, -0.05) is 31.0 Å². The van der Waals surface area contributed by atoms with Crippen LogP contribution < -0.4 is 10.2 Å². The predicted molar refractivity (Wildman–Crippen MR) is 114 cm³/mol. The number of thiophene rings is 1. The van der Waals surface area contributed by atoms with Crippen LogP contribution in [0.25, 0.3) is 0 Å². The molecule has 2 amide bonds. The Morgan fingerprint density at radius 1 is 1.14 bits per heavy atom. The number of hydrogen-bond donors (Lipinski definition) is 1. The molecule has 0 spiro atoms. The van der Waals surface area contributed by atoms with Crippen molar-refractivity contribution in [3.8, 4) is 0 Å². The Labute approximate surface area is 174 Å². The SMILES string of the molecule is Cc1cccc(N(C(=O)c2ccco2)[C@H](C(=O)NC2CCCC2)c2cccs2)c1. The van der Waals surface area contributed by atoms with Gasteiger partial charge in [0.15, 0.2) is 11.8 Å². The van der Waals surface area contributed by atoms with Crippen molar-refractivity contribution in [3.05, 3.63) is 76.4 Å². The Balaban J connectivity index is 1.77. The van der Waals surface area contributed by atoms with Crippen LogP contribution in [-0.4, -0.2) is 17.9 Å². The highest BCUT2D eigenvalue weighted by Crippen LogP contribution is 2.33. The van der Waals surface area contributed by atoms with Gasteiger partial charge in [-0.2, -0.15) is 0 Å². The number of amides is 2. The van der Waals surface area contributed by atoms with Crippen molar-refractivity contribution in [2.24, 2.45) is 0 Å². The number of carbonyl (C=O) groups excluding carboxylic acids is 2. The molecule has 6 heteroatoms. The third-order valence-corrected chi connectivity index (χ3v) is 6.18.